The van der Waals surface area contributed by atoms with Crippen LogP contribution in [0.3, 0.4) is 0 Å². The zero-order valence-corrected chi connectivity index (χ0v) is 17.4. The van der Waals surface area contributed by atoms with Crippen molar-refractivity contribution in [2.45, 2.75) is 24.3 Å². The number of aliphatic imine (C=N–C) groups is 1. The second-order valence-corrected chi connectivity index (χ2v) is 10.8. The summed E-state index contributed by atoms with van der Waals surface area (Å²) in [4.78, 5) is 18.8. The highest BCUT2D eigenvalue weighted by molar-refractivity contribution is 8.15. The van der Waals surface area contributed by atoms with E-state index in [1.54, 1.807) is 12.1 Å². The molecule has 146 valence electrons. The van der Waals surface area contributed by atoms with Gasteiger partial charge in [0.25, 0.3) is 5.91 Å². The summed E-state index contributed by atoms with van der Waals surface area (Å²) >= 11 is 7.29. The Morgan fingerprint density at radius 3 is 2.50 bits per heavy atom. The van der Waals surface area contributed by atoms with E-state index < -0.39 is 9.84 Å². The summed E-state index contributed by atoms with van der Waals surface area (Å²) in [5.41, 5.74) is 1.91. The Morgan fingerprint density at radius 2 is 1.79 bits per heavy atom. The molecule has 2 aliphatic heterocycles. The molecule has 2 aromatic rings. The Hall–Kier alpha value is -1.83. The van der Waals surface area contributed by atoms with Crippen molar-refractivity contribution in [3.8, 4) is 0 Å². The summed E-state index contributed by atoms with van der Waals surface area (Å²) in [5, 5.41) is 1.17. The minimum absolute atomic E-state index is 0.0733. The lowest BCUT2D eigenvalue weighted by Gasteiger charge is -2.24. The summed E-state index contributed by atoms with van der Waals surface area (Å²) in [6, 6.07) is 16.8. The number of benzene rings is 2. The number of fused-ring (bicyclic) bond motifs is 1. The van der Waals surface area contributed by atoms with Gasteiger partial charge in [-0.1, -0.05) is 65.8 Å². The standard InChI is InChI=1S/C20H19ClN2O3S2/c21-16-8-6-14(7-9-16)10-19(24)22-20-23(11-15-4-2-1-3-5-15)17-12-28(25,26)13-18(17)27-20/h1-9,17-18H,10-13H2. The number of hydrogen-bond donors (Lipinski definition) is 0. The fourth-order valence-electron chi connectivity index (χ4n) is 3.52. The van der Waals surface area contributed by atoms with Crippen molar-refractivity contribution in [1.29, 1.82) is 0 Å². The minimum Gasteiger partial charge on any atom is -0.342 e. The smallest absolute Gasteiger partial charge is 0.252 e. The molecule has 8 heteroatoms. The predicted molar refractivity (Wildman–Crippen MR) is 113 cm³/mol. The highest BCUT2D eigenvalue weighted by Gasteiger charge is 2.48. The van der Waals surface area contributed by atoms with Crippen LogP contribution in [-0.4, -0.2) is 47.2 Å². The molecule has 2 aromatic carbocycles. The number of amidine groups is 1. The van der Waals surface area contributed by atoms with E-state index in [0.717, 1.165) is 11.1 Å². The first-order chi connectivity index (χ1) is 13.4. The maximum absolute atomic E-state index is 12.5. The number of carbonyl (C=O) groups is 1. The largest absolute Gasteiger partial charge is 0.342 e. The van der Waals surface area contributed by atoms with Crippen molar-refractivity contribution in [2.24, 2.45) is 4.99 Å². The number of thioether (sulfide) groups is 1. The van der Waals surface area contributed by atoms with Gasteiger partial charge in [0.1, 0.15) is 0 Å². The molecule has 2 heterocycles. The quantitative estimate of drug-likeness (QED) is 0.739. The highest BCUT2D eigenvalue weighted by atomic mass is 35.5. The highest BCUT2D eigenvalue weighted by Crippen LogP contribution is 2.39. The molecule has 0 aliphatic carbocycles. The Bertz CT molecular complexity index is 1010. The third-order valence-corrected chi connectivity index (χ3v) is 8.36. The van der Waals surface area contributed by atoms with Gasteiger partial charge in [-0.2, -0.15) is 4.99 Å². The van der Waals surface area contributed by atoms with E-state index in [-0.39, 0.29) is 35.1 Å². The summed E-state index contributed by atoms with van der Waals surface area (Å²) < 4.78 is 24.2. The van der Waals surface area contributed by atoms with Gasteiger partial charge in [0.15, 0.2) is 15.0 Å². The molecule has 2 saturated heterocycles. The van der Waals surface area contributed by atoms with Gasteiger partial charge in [-0.25, -0.2) is 8.42 Å². The number of hydrogen-bond acceptors (Lipinski definition) is 4. The third-order valence-electron chi connectivity index (χ3n) is 4.86. The van der Waals surface area contributed by atoms with Crippen LogP contribution in [0.4, 0.5) is 0 Å². The second kappa shape index (κ2) is 7.89. The van der Waals surface area contributed by atoms with Crippen molar-refractivity contribution in [3.05, 3.63) is 70.7 Å². The molecule has 2 atom stereocenters. The number of carbonyl (C=O) groups excluding carboxylic acids is 1. The maximum Gasteiger partial charge on any atom is 0.252 e. The molecule has 0 radical (unpaired) electrons. The van der Waals surface area contributed by atoms with Gasteiger partial charge in [0, 0.05) is 16.8 Å². The first kappa shape index (κ1) is 19.5. The van der Waals surface area contributed by atoms with E-state index in [0.29, 0.717) is 16.7 Å². The lowest BCUT2D eigenvalue weighted by Crippen LogP contribution is -2.37. The fourth-order valence-corrected chi connectivity index (χ4v) is 7.62. The lowest BCUT2D eigenvalue weighted by atomic mass is 10.1. The van der Waals surface area contributed by atoms with Crippen LogP contribution < -0.4 is 0 Å². The van der Waals surface area contributed by atoms with Gasteiger partial charge in [0.2, 0.25) is 0 Å². The molecule has 2 unspecified atom stereocenters. The fraction of sp³-hybridized carbons (Fsp3) is 0.300. The molecule has 28 heavy (non-hydrogen) atoms. The second-order valence-electron chi connectivity index (χ2n) is 7.01. The van der Waals surface area contributed by atoms with Crippen LogP contribution in [0.5, 0.6) is 0 Å². The molecule has 4 rings (SSSR count). The van der Waals surface area contributed by atoms with Gasteiger partial charge in [0.05, 0.1) is 24.0 Å². The Balaban J connectivity index is 1.56. The molecule has 0 saturated carbocycles. The Kier molecular flexibility index (Phi) is 5.49. The number of sulfone groups is 1. The average Bonchev–Trinajstić information content (AvgIpc) is 3.10. The van der Waals surface area contributed by atoms with Gasteiger partial charge < -0.3 is 4.90 Å². The van der Waals surface area contributed by atoms with E-state index in [9.17, 15) is 13.2 Å². The molecule has 0 bridgehead atoms. The Morgan fingerprint density at radius 1 is 1.07 bits per heavy atom. The average molecular weight is 435 g/mol. The zero-order chi connectivity index (χ0) is 19.7. The van der Waals surface area contributed by atoms with E-state index in [1.807, 2.05) is 47.4 Å². The predicted octanol–water partition coefficient (Wildman–Crippen LogP) is 3.18. The topological polar surface area (TPSA) is 66.8 Å². The molecule has 0 N–H and O–H groups in total. The molecule has 2 fully saturated rings. The lowest BCUT2D eigenvalue weighted by molar-refractivity contribution is -0.117. The maximum atomic E-state index is 12.5. The first-order valence-electron chi connectivity index (χ1n) is 8.93. The van der Waals surface area contributed by atoms with E-state index in [4.69, 9.17) is 11.6 Å². The van der Waals surface area contributed by atoms with Crippen LogP contribution in [0.2, 0.25) is 5.02 Å². The number of rotatable bonds is 4. The summed E-state index contributed by atoms with van der Waals surface area (Å²) in [7, 11) is -3.05. The number of nitrogens with zero attached hydrogens (tertiary/aromatic N) is 2. The normalized spacial score (nSPS) is 24.5. The zero-order valence-electron chi connectivity index (χ0n) is 15.0. The molecule has 1 amide bonds. The van der Waals surface area contributed by atoms with Crippen LogP contribution in [0.15, 0.2) is 59.6 Å². The van der Waals surface area contributed by atoms with Crippen molar-refractivity contribution in [2.75, 3.05) is 11.5 Å². The molecular formula is C20H19ClN2O3S2. The third kappa shape index (κ3) is 4.42. The molecule has 0 aromatic heterocycles. The summed E-state index contributed by atoms with van der Waals surface area (Å²) in [6.07, 6.45) is 0.189. The first-order valence-corrected chi connectivity index (χ1v) is 12.0. The molecule has 5 nitrogen and oxygen atoms in total. The van der Waals surface area contributed by atoms with Crippen LogP contribution in [-0.2, 0) is 27.6 Å². The van der Waals surface area contributed by atoms with Crippen molar-refractivity contribution in [1.82, 2.24) is 4.90 Å². The number of amides is 1. The van der Waals surface area contributed by atoms with Gasteiger partial charge >= 0.3 is 0 Å². The van der Waals surface area contributed by atoms with Gasteiger partial charge in [-0.3, -0.25) is 4.79 Å². The SMILES string of the molecule is O=C(Cc1ccc(Cl)cc1)N=C1SC2CS(=O)(=O)CC2N1Cc1ccccc1. The van der Waals surface area contributed by atoms with Crippen molar-refractivity contribution >= 4 is 44.3 Å². The summed E-state index contributed by atoms with van der Waals surface area (Å²) in [5.74, 6) is 0.00521. The van der Waals surface area contributed by atoms with E-state index in [2.05, 4.69) is 4.99 Å². The van der Waals surface area contributed by atoms with Gasteiger partial charge in [-0.05, 0) is 23.3 Å². The number of halogens is 1. The van der Waals surface area contributed by atoms with Crippen molar-refractivity contribution < 1.29 is 13.2 Å². The molecular weight excluding hydrogens is 416 g/mol. The van der Waals surface area contributed by atoms with Crippen LogP contribution in [0.25, 0.3) is 0 Å². The van der Waals surface area contributed by atoms with E-state index in [1.165, 1.54) is 11.8 Å². The molecule has 0 spiro atoms. The van der Waals surface area contributed by atoms with Crippen molar-refractivity contribution in [3.63, 3.8) is 0 Å². The van der Waals surface area contributed by atoms with Crippen LogP contribution in [0, 0.1) is 0 Å². The van der Waals surface area contributed by atoms with Gasteiger partial charge in [-0.15, -0.1) is 0 Å². The monoisotopic (exact) mass is 434 g/mol. The summed E-state index contributed by atoms with van der Waals surface area (Å²) in [6.45, 7) is 0.539. The Labute approximate surface area is 173 Å². The minimum atomic E-state index is -3.05. The van der Waals surface area contributed by atoms with E-state index >= 15 is 0 Å². The molecule has 2 aliphatic rings. The van der Waals surface area contributed by atoms with Crippen LogP contribution in [0.1, 0.15) is 11.1 Å². The van der Waals surface area contributed by atoms with Crippen LogP contribution >= 0.6 is 23.4 Å².